The van der Waals surface area contributed by atoms with Crippen molar-refractivity contribution in [2.24, 2.45) is 0 Å². The van der Waals surface area contributed by atoms with Crippen LogP contribution in [0.1, 0.15) is 53.6 Å². The van der Waals surface area contributed by atoms with Gasteiger partial charge in [-0.15, -0.1) is 0 Å². The third-order valence-electron chi connectivity index (χ3n) is 7.91. The van der Waals surface area contributed by atoms with Crippen molar-refractivity contribution in [1.82, 2.24) is 0 Å². The number of benzene rings is 4. The summed E-state index contributed by atoms with van der Waals surface area (Å²) >= 11 is 0. The SMILES string of the molecule is C=C(C)C1=C(/C=C\Cc2ccccc2CCC)C2(c3ccccc31)c1ccccc1-c1ccccc12. The summed E-state index contributed by atoms with van der Waals surface area (Å²) in [5.74, 6) is 0. The highest BCUT2D eigenvalue weighted by Gasteiger charge is 2.51. The second-order valence-corrected chi connectivity index (χ2v) is 10.1. The number of hydrogen-bond donors (Lipinski definition) is 0. The van der Waals surface area contributed by atoms with Gasteiger partial charge in [0.2, 0.25) is 0 Å². The van der Waals surface area contributed by atoms with Crippen molar-refractivity contribution >= 4 is 5.57 Å². The lowest BCUT2D eigenvalue weighted by atomic mass is 9.69. The summed E-state index contributed by atoms with van der Waals surface area (Å²) in [6.07, 6.45) is 8.01. The van der Waals surface area contributed by atoms with Crippen LogP contribution in [0.3, 0.4) is 0 Å². The van der Waals surface area contributed by atoms with Gasteiger partial charge in [0, 0.05) is 0 Å². The second-order valence-electron chi connectivity index (χ2n) is 10.1. The van der Waals surface area contributed by atoms with Gasteiger partial charge >= 0.3 is 0 Å². The molecule has 0 amide bonds. The zero-order chi connectivity index (χ0) is 24.7. The number of aryl methyl sites for hydroxylation is 1. The van der Waals surface area contributed by atoms with Gasteiger partial charge in [-0.05, 0) is 75.4 Å². The predicted molar refractivity (Wildman–Crippen MR) is 153 cm³/mol. The van der Waals surface area contributed by atoms with Crippen LogP contribution in [0.15, 0.2) is 127 Å². The molecule has 1 spiro atoms. The molecule has 0 bridgehead atoms. The lowest BCUT2D eigenvalue weighted by Crippen LogP contribution is -2.26. The van der Waals surface area contributed by atoms with Crippen LogP contribution in [-0.2, 0) is 18.3 Å². The Morgan fingerprint density at radius 2 is 1.19 bits per heavy atom. The molecule has 0 heterocycles. The topological polar surface area (TPSA) is 0 Å². The van der Waals surface area contributed by atoms with Crippen molar-refractivity contribution < 1.29 is 0 Å². The van der Waals surface area contributed by atoms with Gasteiger partial charge < -0.3 is 0 Å². The van der Waals surface area contributed by atoms with Crippen molar-refractivity contribution in [3.63, 3.8) is 0 Å². The quantitative estimate of drug-likeness (QED) is 0.267. The summed E-state index contributed by atoms with van der Waals surface area (Å²) in [5.41, 5.74) is 14.4. The van der Waals surface area contributed by atoms with E-state index < -0.39 is 0 Å². The Morgan fingerprint density at radius 3 is 1.78 bits per heavy atom. The molecule has 2 aliphatic carbocycles. The number of hydrogen-bond acceptors (Lipinski definition) is 0. The van der Waals surface area contributed by atoms with E-state index in [0.29, 0.717) is 0 Å². The van der Waals surface area contributed by atoms with E-state index in [-0.39, 0.29) is 5.41 Å². The lowest BCUT2D eigenvalue weighted by molar-refractivity contribution is 0.785. The summed E-state index contributed by atoms with van der Waals surface area (Å²) in [6.45, 7) is 8.88. The molecule has 0 fully saturated rings. The van der Waals surface area contributed by atoms with Gasteiger partial charge in [-0.3, -0.25) is 0 Å². The predicted octanol–water partition coefficient (Wildman–Crippen LogP) is 9.10. The standard InChI is InChI=1S/C36H32/c1-4-14-26-15-5-6-16-27(26)17-13-24-34-35(25(2)3)30-20-9-12-23-33(30)36(34)31-21-10-7-18-28(31)29-19-8-11-22-32(29)36/h5-13,15-16,18-24H,2,4,14,17H2,1,3H3/b24-13-. The fourth-order valence-corrected chi connectivity index (χ4v) is 6.56. The van der Waals surface area contributed by atoms with Crippen LogP contribution in [-0.4, -0.2) is 0 Å². The van der Waals surface area contributed by atoms with Crippen molar-refractivity contribution in [2.75, 3.05) is 0 Å². The van der Waals surface area contributed by atoms with Crippen molar-refractivity contribution in [2.45, 2.75) is 38.5 Å². The molecule has 0 aliphatic heterocycles. The molecule has 0 nitrogen and oxygen atoms in total. The van der Waals surface area contributed by atoms with E-state index in [1.165, 1.54) is 55.7 Å². The molecule has 176 valence electrons. The normalized spacial score (nSPS) is 14.8. The number of allylic oxidation sites excluding steroid dienone is 5. The Labute approximate surface area is 215 Å². The molecule has 0 saturated carbocycles. The first-order chi connectivity index (χ1) is 17.7. The molecular formula is C36H32. The fourth-order valence-electron chi connectivity index (χ4n) is 6.56. The minimum absolute atomic E-state index is 0.322. The zero-order valence-electron chi connectivity index (χ0n) is 21.2. The molecule has 4 aromatic carbocycles. The Bertz CT molecular complexity index is 1500. The van der Waals surface area contributed by atoms with E-state index in [9.17, 15) is 0 Å². The first-order valence-corrected chi connectivity index (χ1v) is 13.1. The number of rotatable bonds is 6. The molecule has 6 rings (SSSR count). The highest BCUT2D eigenvalue weighted by atomic mass is 14.5. The summed E-state index contributed by atoms with van der Waals surface area (Å²) in [5, 5.41) is 0. The van der Waals surface area contributed by atoms with Crippen LogP contribution in [0.5, 0.6) is 0 Å². The largest absolute Gasteiger partial charge is 0.0955 e. The molecular weight excluding hydrogens is 432 g/mol. The Kier molecular flexibility index (Phi) is 5.61. The van der Waals surface area contributed by atoms with Gasteiger partial charge in [0.25, 0.3) is 0 Å². The average Bonchev–Trinajstić information content (AvgIpc) is 3.37. The molecule has 0 heteroatoms. The molecule has 36 heavy (non-hydrogen) atoms. The molecule has 0 N–H and O–H groups in total. The van der Waals surface area contributed by atoms with E-state index in [4.69, 9.17) is 0 Å². The summed E-state index contributed by atoms with van der Waals surface area (Å²) in [4.78, 5) is 0. The maximum absolute atomic E-state index is 4.47. The van der Waals surface area contributed by atoms with Crippen LogP contribution in [0.4, 0.5) is 0 Å². The molecule has 0 radical (unpaired) electrons. The van der Waals surface area contributed by atoms with Gasteiger partial charge in [0.05, 0.1) is 5.41 Å². The smallest absolute Gasteiger partial charge is 0.0725 e. The Morgan fingerprint density at radius 1 is 0.694 bits per heavy atom. The molecule has 0 unspecified atom stereocenters. The number of fused-ring (bicyclic) bond motifs is 7. The molecule has 0 atom stereocenters. The summed E-state index contributed by atoms with van der Waals surface area (Å²) in [6, 6.07) is 35.8. The van der Waals surface area contributed by atoms with Crippen LogP contribution in [0.2, 0.25) is 0 Å². The van der Waals surface area contributed by atoms with Crippen LogP contribution in [0, 0.1) is 0 Å². The van der Waals surface area contributed by atoms with Crippen LogP contribution >= 0.6 is 0 Å². The van der Waals surface area contributed by atoms with Gasteiger partial charge in [-0.1, -0.05) is 135 Å². The monoisotopic (exact) mass is 464 g/mol. The first-order valence-electron chi connectivity index (χ1n) is 13.1. The third-order valence-corrected chi connectivity index (χ3v) is 7.91. The highest BCUT2D eigenvalue weighted by Crippen LogP contribution is 2.62. The average molecular weight is 465 g/mol. The maximum atomic E-state index is 4.47. The van der Waals surface area contributed by atoms with Gasteiger partial charge in [0.1, 0.15) is 0 Å². The fraction of sp³-hybridized carbons (Fsp3) is 0.167. The highest BCUT2D eigenvalue weighted by molar-refractivity contribution is 5.99. The van der Waals surface area contributed by atoms with Gasteiger partial charge in [-0.25, -0.2) is 0 Å². The van der Waals surface area contributed by atoms with E-state index in [0.717, 1.165) is 24.8 Å². The van der Waals surface area contributed by atoms with E-state index >= 15 is 0 Å². The van der Waals surface area contributed by atoms with E-state index in [2.05, 4.69) is 130 Å². The van der Waals surface area contributed by atoms with Gasteiger partial charge in [-0.2, -0.15) is 0 Å². The Balaban J connectivity index is 1.59. The van der Waals surface area contributed by atoms with E-state index in [1.807, 2.05) is 0 Å². The first kappa shape index (κ1) is 22.6. The van der Waals surface area contributed by atoms with Gasteiger partial charge in [0.15, 0.2) is 0 Å². The van der Waals surface area contributed by atoms with Crippen LogP contribution in [0.25, 0.3) is 16.7 Å². The summed E-state index contributed by atoms with van der Waals surface area (Å²) in [7, 11) is 0. The van der Waals surface area contributed by atoms with Crippen molar-refractivity contribution in [3.05, 3.63) is 160 Å². The molecule has 4 aromatic rings. The lowest BCUT2D eigenvalue weighted by Gasteiger charge is -2.31. The third kappa shape index (κ3) is 3.21. The molecule has 2 aliphatic rings. The second kappa shape index (κ2) is 8.95. The van der Waals surface area contributed by atoms with Crippen LogP contribution < -0.4 is 0 Å². The van der Waals surface area contributed by atoms with Crippen molar-refractivity contribution in [1.29, 1.82) is 0 Å². The molecule has 0 saturated heterocycles. The van der Waals surface area contributed by atoms with E-state index in [1.54, 1.807) is 0 Å². The zero-order valence-corrected chi connectivity index (χ0v) is 21.2. The Hall–Kier alpha value is -3.90. The minimum Gasteiger partial charge on any atom is -0.0955 e. The summed E-state index contributed by atoms with van der Waals surface area (Å²) < 4.78 is 0. The van der Waals surface area contributed by atoms with Crippen molar-refractivity contribution in [3.8, 4) is 11.1 Å². The minimum atomic E-state index is -0.322. The maximum Gasteiger partial charge on any atom is 0.0725 e. The molecule has 0 aromatic heterocycles.